The quantitative estimate of drug-likeness (QED) is 0.849. The number of hydrogen-bond acceptors (Lipinski definition) is 3. The van der Waals surface area contributed by atoms with Crippen LogP contribution in [0.5, 0.6) is 0 Å². The van der Waals surface area contributed by atoms with E-state index in [-0.39, 0.29) is 18.1 Å². The van der Waals surface area contributed by atoms with E-state index in [1.807, 2.05) is 18.7 Å². The molecule has 1 fully saturated rings. The minimum atomic E-state index is -0.00945. The van der Waals surface area contributed by atoms with Gasteiger partial charge in [-0.2, -0.15) is 0 Å². The second kappa shape index (κ2) is 6.57. The van der Waals surface area contributed by atoms with E-state index in [2.05, 4.69) is 15.9 Å². The summed E-state index contributed by atoms with van der Waals surface area (Å²) in [7, 11) is 0. The van der Waals surface area contributed by atoms with Crippen molar-refractivity contribution in [2.75, 3.05) is 13.2 Å². The van der Waals surface area contributed by atoms with Crippen LogP contribution in [0.15, 0.2) is 21.4 Å². The molecule has 0 spiro atoms. The second-order valence-electron chi connectivity index (χ2n) is 5.15. The highest BCUT2D eigenvalue weighted by Gasteiger charge is 2.26. The average Bonchev–Trinajstić information content (AvgIpc) is 2.82. The molecule has 1 amide bonds. The van der Waals surface area contributed by atoms with Crippen LogP contribution in [0.4, 0.5) is 0 Å². The predicted octanol–water partition coefficient (Wildman–Crippen LogP) is 3.46. The number of nitrogens with zero attached hydrogens (tertiary/aromatic N) is 1. The fourth-order valence-corrected chi connectivity index (χ4v) is 2.71. The van der Waals surface area contributed by atoms with Crippen LogP contribution in [0.3, 0.4) is 0 Å². The third kappa shape index (κ3) is 3.60. The number of carbonyl (C=O) groups excluding carboxylic acids is 1. The van der Waals surface area contributed by atoms with Crippen LogP contribution in [0.25, 0.3) is 0 Å². The van der Waals surface area contributed by atoms with E-state index in [4.69, 9.17) is 9.15 Å². The standard InChI is InChI=1S/C14H20BrNO3/c1-10(2)16(9-11-5-3-4-7-18-11)14(17)12-6-8-19-13(12)15/h6,8,10-11H,3-5,7,9H2,1-2H3/t11-/m0/s1. The zero-order valence-corrected chi connectivity index (χ0v) is 13.0. The third-order valence-corrected chi connectivity index (χ3v) is 4.02. The van der Waals surface area contributed by atoms with Gasteiger partial charge in [-0.15, -0.1) is 0 Å². The number of ether oxygens (including phenoxy) is 1. The third-order valence-electron chi connectivity index (χ3n) is 3.41. The maximum Gasteiger partial charge on any atom is 0.258 e. The van der Waals surface area contributed by atoms with Gasteiger partial charge in [0.05, 0.1) is 17.9 Å². The van der Waals surface area contributed by atoms with Crippen LogP contribution >= 0.6 is 15.9 Å². The predicted molar refractivity (Wildman–Crippen MR) is 76.2 cm³/mol. The molecule has 106 valence electrons. The molecule has 0 unspecified atom stereocenters. The van der Waals surface area contributed by atoms with Gasteiger partial charge in [0.2, 0.25) is 0 Å². The van der Waals surface area contributed by atoms with Gasteiger partial charge in [0.15, 0.2) is 4.67 Å². The lowest BCUT2D eigenvalue weighted by Crippen LogP contribution is -2.43. The van der Waals surface area contributed by atoms with E-state index < -0.39 is 0 Å². The van der Waals surface area contributed by atoms with Gasteiger partial charge in [0.25, 0.3) is 5.91 Å². The zero-order chi connectivity index (χ0) is 13.8. The van der Waals surface area contributed by atoms with E-state index >= 15 is 0 Å². The Labute approximate surface area is 122 Å². The maximum absolute atomic E-state index is 12.5. The monoisotopic (exact) mass is 329 g/mol. The minimum Gasteiger partial charge on any atom is -0.457 e. The van der Waals surface area contributed by atoms with E-state index in [1.54, 1.807) is 6.07 Å². The molecule has 1 aliphatic heterocycles. The molecule has 0 aliphatic carbocycles. The number of amides is 1. The summed E-state index contributed by atoms with van der Waals surface area (Å²) in [5.74, 6) is -0.00945. The molecule has 5 heteroatoms. The highest BCUT2D eigenvalue weighted by molar-refractivity contribution is 9.10. The Balaban J connectivity index is 2.07. The number of rotatable bonds is 4. The van der Waals surface area contributed by atoms with Crippen molar-refractivity contribution in [3.63, 3.8) is 0 Å². The number of halogens is 1. The van der Waals surface area contributed by atoms with E-state index in [9.17, 15) is 4.79 Å². The smallest absolute Gasteiger partial charge is 0.258 e. The molecule has 2 rings (SSSR count). The summed E-state index contributed by atoms with van der Waals surface area (Å²) in [6.07, 6.45) is 5.01. The molecule has 2 heterocycles. The Morgan fingerprint density at radius 1 is 1.53 bits per heavy atom. The highest BCUT2D eigenvalue weighted by atomic mass is 79.9. The molecule has 19 heavy (non-hydrogen) atoms. The Bertz CT molecular complexity index is 424. The van der Waals surface area contributed by atoms with Crippen molar-refractivity contribution in [3.05, 3.63) is 22.6 Å². The molecule has 0 radical (unpaired) electrons. The van der Waals surface area contributed by atoms with Crippen LogP contribution in [-0.4, -0.2) is 36.1 Å². The molecular formula is C14H20BrNO3. The van der Waals surface area contributed by atoms with Gasteiger partial charge in [0.1, 0.15) is 0 Å². The van der Waals surface area contributed by atoms with Crippen molar-refractivity contribution in [1.82, 2.24) is 4.90 Å². The molecular weight excluding hydrogens is 310 g/mol. The summed E-state index contributed by atoms with van der Waals surface area (Å²) >= 11 is 3.26. The van der Waals surface area contributed by atoms with Crippen molar-refractivity contribution < 1.29 is 13.9 Å². The first-order valence-corrected chi connectivity index (χ1v) is 7.54. The van der Waals surface area contributed by atoms with Gasteiger partial charge >= 0.3 is 0 Å². The Morgan fingerprint density at radius 3 is 2.84 bits per heavy atom. The lowest BCUT2D eigenvalue weighted by Gasteiger charge is -2.32. The fourth-order valence-electron chi connectivity index (χ4n) is 2.30. The molecule has 1 aromatic rings. The molecule has 1 aliphatic rings. The van der Waals surface area contributed by atoms with Crippen molar-refractivity contribution in [2.45, 2.75) is 45.3 Å². The van der Waals surface area contributed by atoms with Crippen LogP contribution in [0, 0.1) is 0 Å². The van der Waals surface area contributed by atoms with Crippen LogP contribution in [0.1, 0.15) is 43.5 Å². The molecule has 1 atom stereocenters. The van der Waals surface area contributed by atoms with Gasteiger partial charge in [-0.25, -0.2) is 0 Å². The lowest BCUT2D eigenvalue weighted by atomic mass is 10.1. The lowest BCUT2D eigenvalue weighted by molar-refractivity contribution is -0.00834. The summed E-state index contributed by atoms with van der Waals surface area (Å²) in [5.41, 5.74) is 0.574. The Hall–Kier alpha value is -0.810. The number of carbonyl (C=O) groups is 1. The summed E-state index contributed by atoms with van der Waals surface area (Å²) < 4.78 is 11.4. The fraction of sp³-hybridized carbons (Fsp3) is 0.643. The van der Waals surface area contributed by atoms with Gasteiger partial charge in [-0.05, 0) is 55.1 Å². The summed E-state index contributed by atoms with van der Waals surface area (Å²) in [4.78, 5) is 14.4. The maximum atomic E-state index is 12.5. The van der Waals surface area contributed by atoms with Gasteiger partial charge in [0, 0.05) is 19.2 Å². The van der Waals surface area contributed by atoms with Gasteiger partial charge < -0.3 is 14.1 Å². The van der Waals surface area contributed by atoms with Gasteiger partial charge in [-0.1, -0.05) is 0 Å². The minimum absolute atomic E-state index is 0.00945. The first-order chi connectivity index (χ1) is 9.09. The van der Waals surface area contributed by atoms with Crippen molar-refractivity contribution in [3.8, 4) is 0 Å². The Kier molecular flexibility index (Phi) is 5.05. The van der Waals surface area contributed by atoms with Crippen molar-refractivity contribution >= 4 is 21.8 Å². The van der Waals surface area contributed by atoms with Crippen LogP contribution in [0.2, 0.25) is 0 Å². The molecule has 0 saturated carbocycles. The van der Waals surface area contributed by atoms with Crippen molar-refractivity contribution in [1.29, 1.82) is 0 Å². The highest BCUT2D eigenvalue weighted by Crippen LogP contribution is 2.22. The topological polar surface area (TPSA) is 42.7 Å². The first kappa shape index (κ1) is 14.6. The number of hydrogen-bond donors (Lipinski definition) is 0. The van der Waals surface area contributed by atoms with Gasteiger partial charge in [-0.3, -0.25) is 4.79 Å². The number of furan rings is 1. The van der Waals surface area contributed by atoms with E-state index in [0.717, 1.165) is 19.4 Å². The molecule has 1 saturated heterocycles. The molecule has 0 bridgehead atoms. The molecule has 0 aromatic carbocycles. The summed E-state index contributed by atoms with van der Waals surface area (Å²) in [5, 5.41) is 0. The first-order valence-electron chi connectivity index (χ1n) is 6.75. The molecule has 4 nitrogen and oxygen atoms in total. The Morgan fingerprint density at radius 2 is 2.32 bits per heavy atom. The van der Waals surface area contributed by atoms with E-state index in [0.29, 0.717) is 16.8 Å². The van der Waals surface area contributed by atoms with Crippen molar-refractivity contribution in [2.24, 2.45) is 0 Å². The SMILES string of the molecule is CC(C)N(C[C@@H]1CCCCO1)C(=O)c1ccoc1Br. The summed E-state index contributed by atoms with van der Waals surface area (Å²) in [6, 6.07) is 1.84. The van der Waals surface area contributed by atoms with Crippen LogP contribution in [-0.2, 0) is 4.74 Å². The molecule has 1 aromatic heterocycles. The zero-order valence-electron chi connectivity index (χ0n) is 11.4. The average molecular weight is 330 g/mol. The van der Waals surface area contributed by atoms with Crippen LogP contribution < -0.4 is 0 Å². The normalized spacial score (nSPS) is 19.7. The molecule has 0 N–H and O–H groups in total. The second-order valence-corrected chi connectivity index (χ2v) is 5.87. The van der Waals surface area contributed by atoms with E-state index in [1.165, 1.54) is 12.7 Å². The largest absolute Gasteiger partial charge is 0.457 e. The summed E-state index contributed by atoms with van der Waals surface area (Å²) in [6.45, 7) is 5.50.